The molecule has 0 radical (unpaired) electrons. The number of cyclic esters (lactones) is 1. The minimum absolute atomic E-state index is 0.149. The van der Waals surface area contributed by atoms with Crippen molar-refractivity contribution in [1.82, 2.24) is 9.88 Å². The average Bonchev–Trinajstić information content (AvgIpc) is 3.24. The van der Waals surface area contributed by atoms with Crippen LogP contribution in [0.3, 0.4) is 0 Å². The topological polar surface area (TPSA) is 78.7 Å². The Morgan fingerprint density at radius 3 is 2.36 bits per heavy atom. The molecule has 1 aliphatic carbocycles. The molecule has 42 heavy (non-hydrogen) atoms. The number of amides is 1. The Hall–Kier alpha value is -4.05. The number of carbonyl (C=O) groups is 1. The highest BCUT2D eigenvalue weighted by Crippen LogP contribution is 2.42. The predicted molar refractivity (Wildman–Crippen MR) is 164 cm³/mol. The molecule has 1 amide bonds. The molecule has 0 bridgehead atoms. The van der Waals surface area contributed by atoms with Gasteiger partial charge in [0.25, 0.3) is 0 Å². The van der Waals surface area contributed by atoms with E-state index in [2.05, 4.69) is 80.3 Å². The fraction of sp³-hybridized carbons (Fsp3) is 0.457. The van der Waals surface area contributed by atoms with Crippen LogP contribution in [0.15, 0.2) is 48.5 Å². The first-order chi connectivity index (χ1) is 20.3. The molecule has 0 N–H and O–H groups in total. The normalized spacial score (nSPS) is 23.7. The first-order valence-electron chi connectivity index (χ1n) is 15.2. The number of aromatic nitrogens is 1. The molecule has 2 aliphatic heterocycles. The number of carbonyl (C=O) groups excluding carboxylic acids is 1. The van der Waals surface area contributed by atoms with Crippen molar-refractivity contribution >= 4 is 11.9 Å². The molecule has 3 aliphatic rings. The fourth-order valence-corrected chi connectivity index (χ4v) is 6.82. The Labute approximate surface area is 249 Å². The average molecular weight is 565 g/mol. The number of pyridine rings is 1. The summed E-state index contributed by atoms with van der Waals surface area (Å²) in [4.78, 5) is 22.6. The van der Waals surface area contributed by atoms with Gasteiger partial charge in [-0.25, -0.2) is 9.78 Å². The lowest BCUT2D eigenvalue weighted by atomic mass is 9.78. The zero-order valence-electron chi connectivity index (χ0n) is 25.1. The third kappa shape index (κ3) is 5.43. The van der Waals surface area contributed by atoms with E-state index in [9.17, 15) is 10.1 Å². The number of ether oxygens (including phenoxy) is 2. The van der Waals surface area contributed by atoms with Crippen molar-refractivity contribution in [3.63, 3.8) is 0 Å². The zero-order chi connectivity index (χ0) is 29.4. The molecule has 218 valence electrons. The van der Waals surface area contributed by atoms with Crippen molar-refractivity contribution in [2.24, 2.45) is 5.92 Å². The van der Waals surface area contributed by atoms with Crippen LogP contribution in [0.25, 0.3) is 11.1 Å². The standard InChI is InChI=1S/C35H40N4O3/c1-22-16-23(2)18-28(17-22)34-24(3)39(35(40)42-34)21-31-29(11-13-33(37-31)38-14-5-15-38)30-19-27(10-12-32(30)41-4)26-8-6-25(20-36)7-9-26/h10-13,16-19,24-26,34H,5-9,14-15,21H2,1-4H3. The van der Waals surface area contributed by atoms with E-state index in [1.165, 1.54) is 5.56 Å². The van der Waals surface area contributed by atoms with Crippen LogP contribution in [0.1, 0.15) is 79.0 Å². The fourth-order valence-electron chi connectivity index (χ4n) is 6.82. The first kappa shape index (κ1) is 28.1. The van der Waals surface area contributed by atoms with Gasteiger partial charge in [0.1, 0.15) is 17.7 Å². The molecule has 3 heterocycles. The van der Waals surface area contributed by atoms with Crippen molar-refractivity contribution in [3.8, 4) is 22.9 Å². The second-order valence-corrected chi connectivity index (χ2v) is 12.2. The zero-order valence-corrected chi connectivity index (χ0v) is 25.1. The molecule has 1 aromatic heterocycles. The molecule has 2 unspecified atom stereocenters. The van der Waals surface area contributed by atoms with Crippen molar-refractivity contribution in [2.75, 3.05) is 25.1 Å². The van der Waals surface area contributed by atoms with Crippen molar-refractivity contribution in [1.29, 1.82) is 5.26 Å². The lowest BCUT2D eigenvalue weighted by Crippen LogP contribution is -2.38. The molecule has 7 heteroatoms. The van der Waals surface area contributed by atoms with Gasteiger partial charge in [-0.05, 0) is 94.2 Å². The quantitative estimate of drug-likeness (QED) is 0.296. The molecule has 2 aromatic carbocycles. The number of methoxy groups -OCH3 is 1. The number of benzene rings is 2. The minimum atomic E-state index is -0.334. The van der Waals surface area contributed by atoms with Gasteiger partial charge in [-0.3, -0.25) is 4.90 Å². The number of hydrogen-bond donors (Lipinski definition) is 0. The Kier molecular flexibility index (Phi) is 7.81. The second-order valence-electron chi connectivity index (χ2n) is 12.2. The Balaban J connectivity index is 1.35. The third-order valence-corrected chi connectivity index (χ3v) is 9.32. The summed E-state index contributed by atoms with van der Waals surface area (Å²) in [5.41, 5.74) is 7.41. The van der Waals surface area contributed by atoms with Crippen LogP contribution in [0.2, 0.25) is 0 Å². The van der Waals surface area contributed by atoms with Crippen LogP contribution in [0.4, 0.5) is 10.6 Å². The lowest BCUT2D eigenvalue weighted by molar-refractivity contribution is 0.130. The van der Waals surface area contributed by atoms with Gasteiger partial charge in [0, 0.05) is 30.1 Å². The molecular weight excluding hydrogens is 524 g/mol. The van der Waals surface area contributed by atoms with Crippen molar-refractivity contribution in [2.45, 2.75) is 77.5 Å². The summed E-state index contributed by atoms with van der Waals surface area (Å²) < 4.78 is 11.8. The molecule has 7 nitrogen and oxygen atoms in total. The number of nitrogens with zero attached hydrogens (tertiary/aromatic N) is 4. The van der Waals surface area contributed by atoms with E-state index >= 15 is 0 Å². The minimum Gasteiger partial charge on any atom is -0.496 e. The summed E-state index contributed by atoms with van der Waals surface area (Å²) in [6.45, 7) is 8.54. The van der Waals surface area contributed by atoms with E-state index in [1.807, 2.05) is 4.90 Å². The highest BCUT2D eigenvalue weighted by atomic mass is 16.6. The number of anilines is 1. The maximum atomic E-state index is 13.3. The highest BCUT2D eigenvalue weighted by molar-refractivity contribution is 5.76. The van der Waals surface area contributed by atoms with E-state index in [0.29, 0.717) is 12.5 Å². The van der Waals surface area contributed by atoms with Crippen LogP contribution in [0, 0.1) is 31.1 Å². The van der Waals surface area contributed by atoms with E-state index in [1.54, 1.807) is 7.11 Å². The van der Waals surface area contributed by atoms with Crippen LogP contribution >= 0.6 is 0 Å². The van der Waals surface area contributed by atoms with Crippen LogP contribution in [-0.4, -0.2) is 42.2 Å². The molecule has 1 saturated carbocycles. The maximum Gasteiger partial charge on any atom is 0.411 e. The number of hydrogen-bond acceptors (Lipinski definition) is 6. The summed E-state index contributed by atoms with van der Waals surface area (Å²) >= 11 is 0. The van der Waals surface area contributed by atoms with Gasteiger partial charge in [0.15, 0.2) is 0 Å². The van der Waals surface area contributed by atoms with Crippen molar-refractivity contribution in [3.05, 3.63) is 76.5 Å². The molecule has 2 atom stereocenters. The van der Waals surface area contributed by atoms with Gasteiger partial charge >= 0.3 is 6.09 Å². The first-order valence-corrected chi connectivity index (χ1v) is 15.2. The van der Waals surface area contributed by atoms with E-state index < -0.39 is 0 Å². The molecular formula is C35H40N4O3. The number of aryl methyl sites for hydroxylation is 2. The number of nitriles is 1. The largest absolute Gasteiger partial charge is 0.496 e. The van der Waals surface area contributed by atoms with Gasteiger partial charge in [0.2, 0.25) is 0 Å². The van der Waals surface area contributed by atoms with E-state index in [4.69, 9.17) is 14.5 Å². The Bertz CT molecular complexity index is 1500. The van der Waals surface area contributed by atoms with E-state index in [-0.39, 0.29) is 24.2 Å². The number of rotatable bonds is 7. The van der Waals surface area contributed by atoms with Gasteiger partial charge in [-0.2, -0.15) is 5.26 Å². The molecule has 2 saturated heterocycles. The molecule has 6 rings (SSSR count). The van der Waals surface area contributed by atoms with Crippen LogP contribution in [0.5, 0.6) is 5.75 Å². The predicted octanol–water partition coefficient (Wildman–Crippen LogP) is 7.46. The molecule has 3 aromatic rings. The smallest absolute Gasteiger partial charge is 0.411 e. The molecule has 3 fully saturated rings. The van der Waals surface area contributed by atoms with Gasteiger partial charge in [-0.1, -0.05) is 35.4 Å². The highest BCUT2D eigenvalue weighted by Gasteiger charge is 2.40. The van der Waals surface area contributed by atoms with Crippen molar-refractivity contribution < 1.29 is 14.3 Å². The van der Waals surface area contributed by atoms with Crippen LogP contribution < -0.4 is 9.64 Å². The Morgan fingerprint density at radius 2 is 1.71 bits per heavy atom. The third-order valence-electron chi connectivity index (χ3n) is 9.32. The lowest BCUT2D eigenvalue weighted by Gasteiger charge is -2.33. The van der Waals surface area contributed by atoms with Gasteiger partial charge in [-0.15, -0.1) is 0 Å². The summed E-state index contributed by atoms with van der Waals surface area (Å²) in [6.07, 6.45) is 4.42. The van der Waals surface area contributed by atoms with Gasteiger partial charge in [0.05, 0.1) is 31.5 Å². The second kappa shape index (κ2) is 11.7. The van der Waals surface area contributed by atoms with Crippen LogP contribution in [-0.2, 0) is 11.3 Å². The summed E-state index contributed by atoms with van der Waals surface area (Å²) in [6, 6.07) is 19.3. The molecule has 0 spiro atoms. The monoisotopic (exact) mass is 564 g/mol. The maximum absolute atomic E-state index is 13.3. The summed E-state index contributed by atoms with van der Waals surface area (Å²) in [5.74, 6) is 2.31. The Morgan fingerprint density at radius 1 is 0.976 bits per heavy atom. The SMILES string of the molecule is COc1ccc(C2CCC(C#N)CC2)cc1-c1ccc(N2CCC2)nc1CN1C(=O)OC(c2cc(C)cc(C)c2)C1C. The summed E-state index contributed by atoms with van der Waals surface area (Å²) in [7, 11) is 1.70. The summed E-state index contributed by atoms with van der Waals surface area (Å²) in [5, 5.41) is 9.37. The van der Waals surface area contributed by atoms with Gasteiger partial charge < -0.3 is 14.4 Å². The van der Waals surface area contributed by atoms with E-state index in [0.717, 1.165) is 90.3 Å².